The largest absolute Gasteiger partial charge is 0.493 e. The summed E-state index contributed by atoms with van der Waals surface area (Å²) in [5.74, 6) is 1.42. The molecule has 0 spiro atoms. The molecular weight excluding hydrogens is 270 g/mol. The number of nitrogens with one attached hydrogen (secondary N) is 1. The minimum Gasteiger partial charge on any atom is -0.493 e. The molecule has 1 aliphatic heterocycles. The predicted octanol–water partition coefficient (Wildman–Crippen LogP) is 2.66. The summed E-state index contributed by atoms with van der Waals surface area (Å²) >= 11 is 1.62. The predicted molar refractivity (Wildman–Crippen MR) is 80.2 cm³/mol. The fourth-order valence-electron chi connectivity index (χ4n) is 2.42. The van der Waals surface area contributed by atoms with Gasteiger partial charge in [0.2, 0.25) is 5.91 Å². The molecule has 1 N–H and O–H groups in total. The minimum absolute atomic E-state index is 0.0854. The van der Waals surface area contributed by atoms with Crippen LogP contribution in [0.3, 0.4) is 0 Å². The summed E-state index contributed by atoms with van der Waals surface area (Å²) in [6, 6.07) is 10.1. The monoisotopic (exact) mass is 287 g/mol. The van der Waals surface area contributed by atoms with Crippen LogP contribution in [-0.4, -0.2) is 19.1 Å². The fraction of sp³-hybridized carbons (Fsp3) is 0.312. The van der Waals surface area contributed by atoms with Crippen molar-refractivity contribution in [3.05, 3.63) is 52.2 Å². The summed E-state index contributed by atoms with van der Waals surface area (Å²) in [6.45, 7) is 1.35. The van der Waals surface area contributed by atoms with Gasteiger partial charge in [0.1, 0.15) is 5.75 Å². The van der Waals surface area contributed by atoms with Crippen molar-refractivity contribution in [1.82, 2.24) is 5.32 Å². The molecule has 1 unspecified atom stereocenters. The second-order valence-electron chi connectivity index (χ2n) is 5.10. The van der Waals surface area contributed by atoms with Crippen molar-refractivity contribution in [1.29, 1.82) is 0 Å². The number of amides is 1. The number of hydrogen-bond donors (Lipinski definition) is 1. The number of para-hydroxylation sites is 1. The van der Waals surface area contributed by atoms with Crippen molar-refractivity contribution < 1.29 is 9.53 Å². The van der Waals surface area contributed by atoms with Gasteiger partial charge in [0.05, 0.1) is 13.0 Å². The molecule has 2 heterocycles. The van der Waals surface area contributed by atoms with E-state index in [0.717, 1.165) is 17.7 Å². The van der Waals surface area contributed by atoms with Gasteiger partial charge >= 0.3 is 0 Å². The van der Waals surface area contributed by atoms with Crippen LogP contribution in [0.25, 0.3) is 0 Å². The Kier molecular flexibility index (Phi) is 4.02. The molecule has 1 aliphatic rings. The first kappa shape index (κ1) is 13.2. The number of benzene rings is 1. The van der Waals surface area contributed by atoms with Gasteiger partial charge in [0.15, 0.2) is 0 Å². The van der Waals surface area contributed by atoms with Crippen LogP contribution in [0.1, 0.15) is 11.1 Å². The maximum atomic E-state index is 11.9. The van der Waals surface area contributed by atoms with Crippen molar-refractivity contribution in [3.63, 3.8) is 0 Å². The summed E-state index contributed by atoms with van der Waals surface area (Å²) in [5, 5.41) is 7.02. The topological polar surface area (TPSA) is 38.3 Å². The Morgan fingerprint density at radius 1 is 1.35 bits per heavy atom. The van der Waals surface area contributed by atoms with E-state index in [-0.39, 0.29) is 5.91 Å². The third kappa shape index (κ3) is 3.20. The molecule has 0 fully saturated rings. The van der Waals surface area contributed by atoms with Gasteiger partial charge in [0.25, 0.3) is 0 Å². The molecule has 3 nitrogen and oxygen atoms in total. The van der Waals surface area contributed by atoms with E-state index >= 15 is 0 Å². The van der Waals surface area contributed by atoms with E-state index in [4.69, 9.17) is 4.74 Å². The zero-order valence-electron chi connectivity index (χ0n) is 11.2. The van der Waals surface area contributed by atoms with Crippen molar-refractivity contribution in [2.45, 2.75) is 12.8 Å². The van der Waals surface area contributed by atoms with Gasteiger partial charge in [-0.2, -0.15) is 11.3 Å². The summed E-state index contributed by atoms with van der Waals surface area (Å²) in [6.07, 6.45) is 1.43. The highest BCUT2D eigenvalue weighted by molar-refractivity contribution is 7.07. The lowest BCUT2D eigenvalue weighted by Crippen LogP contribution is -2.35. The van der Waals surface area contributed by atoms with Crippen molar-refractivity contribution in [2.75, 3.05) is 13.2 Å². The van der Waals surface area contributed by atoms with Gasteiger partial charge < -0.3 is 10.1 Å². The lowest BCUT2D eigenvalue weighted by molar-refractivity contribution is -0.120. The van der Waals surface area contributed by atoms with Crippen LogP contribution in [-0.2, 0) is 17.6 Å². The van der Waals surface area contributed by atoms with Crippen LogP contribution in [0.4, 0.5) is 0 Å². The van der Waals surface area contributed by atoms with Crippen molar-refractivity contribution in [3.8, 4) is 5.75 Å². The maximum Gasteiger partial charge on any atom is 0.224 e. The highest BCUT2D eigenvalue weighted by atomic mass is 32.1. The smallest absolute Gasteiger partial charge is 0.224 e. The first-order chi connectivity index (χ1) is 9.81. The number of fused-ring (bicyclic) bond motifs is 1. The van der Waals surface area contributed by atoms with Gasteiger partial charge in [-0.05, 0) is 40.4 Å². The van der Waals surface area contributed by atoms with E-state index in [1.54, 1.807) is 11.3 Å². The SMILES string of the molecule is O=C(Cc1ccsc1)NCC1COc2ccccc2C1. The average molecular weight is 287 g/mol. The molecule has 0 aliphatic carbocycles. The van der Waals surface area contributed by atoms with Crippen LogP contribution in [0.5, 0.6) is 5.75 Å². The number of rotatable bonds is 4. The number of hydrogen-bond acceptors (Lipinski definition) is 3. The molecule has 0 saturated carbocycles. The fourth-order valence-corrected chi connectivity index (χ4v) is 3.09. The standard InChI is InChI=1S/C16H17NO2S/c18-16(8-12-5-6-20-11-12)17-9-13-7-14-3-1-2-4-15(14)19-10-13/h1-6,11,13H,7-10H2,(H,17,18). The van der Waals surface area contributed by atoms with E-state index in [0.29, 0.717) is 25.5 Å². The first-order valence-corrected chi connectivity index (χ1v) is 7.74. The Morgan fingerprint density at radius 2 is 2.25 bits per heavy atom. The molecule has 1 aromatic carbocycles. The molecule has 4 heteroatoms. The van der Waals surface area contributed by atoms with Crippen LogP contribution in [0.2, 0.25) is 0 Å². The highest BCUT2D eigenvalue weighted by Crippen LogP contribution is 2.26. The lowest BCUT2D eigenvalue weighted by Gasteiger charge is -2.25. The maximum absolute atomic E-state index is 11.9. The van der Waals surface area contributed by atoms with E-state index in [1.807, 2.05) is 35.0 Å². The van der Waals surface area contributed by atoms with Gasteiger partial charge in [-0.15, -0.1) is 0 Å². The van der Waals surface area contributed by atoms with E-state index in [2.05, 4.69) is 11.4 Å². The van der Waals surface area contributed by atoms with Gasteiger partial charge in [-0.25, -0.2) is 0 Å². The Labute approximate surface area is 122 Å². The van der Waals surface area contributed by atoms with Crippen LogP contribution < -0.4 is 10.1 Å². The molecular formula is C16H17NO2S. The highest BCUT2D eigenvalue weighted by Gasteiger charge is 2.19. The summed E-state index contributed by atoms with van der Waals surface area (Å²) in [5.41, 5.74) is 2.31. The van der Waals surface area contributed by atoms with E-state index in [9.17, 15) is 4.79 Å². The van der Waals surface area contributed by atoms with E-state index in [1.165, 1.54) is 5.56 Å². The number of carbonyl (C=O) groups is 1. The van der Waals surface area contributed by atoms with Crippen molar-refractivity contribution >= 4 is 17.2 Å². The molecule has 1 aromatic heterocycles. The zero-order chi connectivity index (χ0) is 13.8. The molecule has 1 amide bonds. The van der Waals surface area contributed by atoms with Gasteiger partial charge in [-0.1, -0.05) is 18.2 Å². The first-order valence-electron chi connectivity index (χ1n) is 6.80. The third-order valence-electron chi connectivity index (χ3n) is 3.49. The third-order valence-corrected chi connectivity index (χ3v) is 4.22. The Morgan fingerprint density at radius 3 is 3.10 bits per heavy atom. The summed E-state index contributed by atoms with van der Waals surface area (Å²) < 4.78 is 5.72. The second kappa shape index (κ2) is 6.09. The molecule has 20 heavy (non-hydrogen) atoms. The molecule has 3 rings (SSSR count). The molecule has 0 bridgehead atoms. The average Bonchev–Trinajstić information content (AvgIpc) is 2.98. The van der Waals surface area contributed by atoms with Crippen LogP contribution >= 0.6 is 11.3 Å². The normalized spacial score (nSPS) is 17.1. The Bertz CT molecular complexity index is 580. The molecule has 0 saturated heterocycles. The second-order valence-corrected chi connectivity index (χ2v) is 5.88. The quantitative estimate of drug-likeness (QED) is 0.939. The summed E-state index contributed by atoms with van der Waals surface area (Å²) in [7, 11) is 0. The number of carbonyl (C=O) groups excluding carboxylic acids is 1. The lowest BCUT2D eigenvalue weighted by atomic mass is 9.97. The van der Waals surface area contributed by atoms with Crippen molar-refractivity contribution in [2.24, 2.45) is 5.92 Å². The Hall–Kier alpha value is -1.81. The van der Waals surface area contributed by atoms with Gasteiger partial charge in [-0.3, -0.25) is 4.79 Å². The van der Waals surface area contributed by atoms with E-state index < -0.39 is 0 Å². The van der Waals surface area contributed by atoms with Gasteiger partial charge in [0, 0.05) is 12.5 Å². The van der Waals surface area contributed by atoms with Crippen LogP contribution in [0, 0.1) is 5.92 Å². The zero-order valence-corrected chi connectivity index (χ0v) is 12.0. The summed E-state index contributed by atoms with van der Waals surface area (Å²) in [4.78, 5) is 11.9. The number of thiophene rings is 1. The minimum atomic E-state index is 0.0854. The molecule has 0 radical (unpaired) electrons. The molecule has 2 aromatic rings. The number of ether oxygens (including phenoxy) is 1. The Balaban J connectivity index is 1.49. The molecule has 1 atom stereocenters. The van der Waals surface area contributed by atoms with Crippen LogP contribution in [0.15, 0.2) is 41.1 Å². The molecule has 104 valence electrons.